The molecule has 0 bridgehead atoms. The first-order chi connectivity index (χ1) is 17.1. The summed E-state index contributed by atoms with van der Waals surface area (Å²) in [7, 11) is 0. The first-order valence-corrected chi connectivity index (χ1v) is 11.4. The molecule has 1 atom stereocenters. The van der Waals surface area contributed by atoms with Crippen LogP contribution in [0.15, 0.2) is 50.4 Å². The molecule has 3 heterocycles. The number of fused-ring (bicyclic) bond motifs is 3. The number of carbonyl (C=O) groups excluding carboxylic acids is 2. The number of carboxylic acid groups (broad SMARTS) is 1. The van der Waals surface area contributed by atoms with Crippen LogP contribution in [-0.2, 0) is 22.4 Å². The van der Waals surface area contributed by atoms with E-state index in [1.54, 1.807) is 32.4 Å². The molecule has 0 fully saturated rings. The summed E-state index contributed by atoms with van der Waals surface area (Å²) in [6, 6.07) is 5.22. The zero-order valence-electron chi connectivity index (χ0n) is 19.9. The number of aryl methyl sites for hydroxylation is 3. The molecule has 36 heavy (non-hydrogen) atoms. The van der Waals surface area contributed by atoms with E-state index in [-0.39, 0.29) is 24.2 Å². The lowest BCUT2D eigenvalue weighted by Crippen LogP contribution is -2.49. The largest absolute Gasteiger partial charge is 0.548 e. The first kappa shape index (κ1) is 23.2. The van der Waals surface area contributed by atoms with E-state index in [0.29, 0.717) is 44.1 Å². The van der Waals surface area contributed by atoms with Crippen LogP contribution in [0.2, 0.25) is 0 Å². The summed E-state index contributed by atoms with van der Waals surface area (Å²) >= 11 is 0. The predicted molar refractivity (Wildman–Crippen MR) is 131 cm³/mol. The summed E-state index contributed by atoms with van der Waals surface area (Å²) in [6.45, 7) is 5.45. The quantitative estimate of drug-likeness (QED) is 0.312. The number of furan rings is 1. The Morgan fingerprint density at radius 1 is 1.08 bits per heavy atom. The number of phenolic OH excluding ortho intramolecular Hbond substituents is 1. The number of H-pyrrole nitrogens is 1. The number of benzene rings is 2. The summed E-state index contributed by atoms with van der Waals surface area (Å²) in [5, 5.41) is 26.3. The Labute approximate surface area is 204 Å². The van der Waals surface area contributed by atoms with Crippen LogP contribution in [-0.4, -0.2) is 28.0 Å². The van der Waals surface area contributed by atoms with Crippen LogP contribution in [0, 0.1) is 20.8 Å². The number of carbonyl (C=O) groups is 2. The molecule has 0 radical (unpaired) electrons. The van der Waals surface area contributed by atoms with E-state index in [0.717, 1.165) is 10.9 Å². The number of carboxylic acids is 1. The normalized spacial score (nSPS) is 12.4. The third-order valence-electron chi connectivity index (χ3n) is 6.67. The number of hydrogen-bond acceptors (Lipinski definition) is 7. The van der Waals surface area contributed by atoms with Crippen LogP contribution in [0.5, 0.6) is 5.75 Å². The average Bonchev–Trinajstić information content (AvgIpc) is 3.40. The summed E-state index contributed by atoms with van der Waals surface area (Å²) in [5.41, 5.74) is 4.01. The number of nitrogens with one attached hydrogen (secondary N) is 2. The van der Waals surface area contributed by atoms with Crippen molar-refractivity contribution in [3.05, 3.63) is 75.0 Å². The van der Waals surface area contributed by atoms with Gasteiger partial charge in [0.2, 0.25) is 5.91 Å². The average molecular weight is 487 g/mol. The molecule has 5 aromatic rings. The van der Waals surface area contributed by atoms with E-state index in [1.807, 2.05) is 13.0 Å². The molecule has 0 spiro atoms. The van der Waals surface area contributed by atoms with Gasteiger partial charge in [0.25, 0.3) is 0 Å². The fraction of sp³-hybridized carbons (Fsp3) is 0.222. The Morgan fingerprint density at radius 3 is 2.61 bits per heavy atom. The van der Waals surface area contributed by atoms with Crippen molar-refractivity contribution in [1.29, 1.82) is 0 Å². The van der Waals surface area contributed by atoms with Gasteiger partial charge < -0.3 is 34.1 Å². The topological polar surface area (TPSA) is 149 Å². The minimum atomic E-state index is -1.46. The van der Waals surface area contributed by atoms with Crippen molar-refractivity contribution in [2.24, 2.45) is 0 Å². The van der Waals surface area contributed by atoms with Crippen molar-refractivity contribution in [3.8, 4) is 5.75 Å². The molecule has 184 valence electrons. The fourth-order valence-corrected chi connectivity index (χ4v) is 4.68. The number of amides is 1. The van der Waals surface area contributed by atoms with Gasteiger partial charge in [-0.3, -0.25) is 4.79 Å². The predicted octanol–water partition coefficient (Wildman–Crippen LogP) is 2.67. The Hall–Kier alpha value is -4.53. The minimum Gasteiger partial charge on any atom is -0.548 e. The smallest absolute Gasteiger partial charge is 0.340 e. The lowest BCUT2D eigenvalue weighted by Gasteiger charge is -2.20. The molecule has 0 aliphatic heterocycles. The SMILES string of the molecule is Cc1coc2c(C)c3oc(=O)c(CC(=O)N[C@@H](Cc4c[nH]c5ccc(O)cc45)C(=O)[O-])c(C)c3cc12. The Balaban J connectivity index is 1.44. The lowest BCUT2D eigenvalue weighted by atomic mass is 9.98. The number of aromatic nitrogens is 1. The maximum absolute atomic E-state index is 12.9. The third kappa shape index (κ3) is 3.88. The van der Waals surface area contributed by atoms with Crippen molar-refractivity contribution in [1.82, 2.24) is 10.3 Å². The molecule has 1 amide bonds. The van der Waals surface area contributed by atoms with Gasteiger partial charge in [0.1, 0.15) is 16.9 Å². The van der Waals surface area contributed by atoms with Crippen LogP contribution >= 0.6 is 0 Å². The molecule has 3 N–H and O–H groups in total. The van der Waals surface area contributed by atoms with Crippen LogP contribution in [0.25, 0.3) is 32.8 Å². The zero-order chi connectivity index (χ0) is 25.7. The Bertz CT molecular complexity index is 1740. The Kier molecular flexibility index (Phi) is 5.55. The summed E-state index contributed by atoms with van der Waals surface area (Å²) in [4.78, 5) is 40.5. The summed E-state index contributed by atoms with van der Waals surface area (Å²) in [6.07, 6.45) is 2.83. The van der Waals surface area contributed by atoms with Crippen LogP contribution < -0.4 is 16.0 Å². The number of phenols is 1. The molecule has 3 aromatic heterocycles. The molecule has 0 aliphatic rings. The van der Waals surface area contributed by atoms with E-state index >= 15 is 0 Å². The highest BCUT2D eigenvalue weighted by Gasteiger charge is 2.22. The van der Waals surface area contributed by atoms with Gasteiger partial charge in [0, 0.05) is 39.9 Å². The van der Waals surface area contributed by atoms with E-state index in [9.17, 15) is 24.6 Å². The van der Waals surface area contributed by atoms with Crippen LogP contribution in [0.3, 0.4) is 0 Å². The maximum Gasteiger partial charge on any atom is 0.340 e. The van der Waals surface area contributed by atoms with Crippen LogP contribution in [0.1, 0.15) is 27.8 Å². The van der Waals surface area contributed by atoms with E-state index in [4.69, 9.17) is 8.83 Å². The van der Waals surface area contributed by atoms with Crippen molar-refractivity contribution in [3.63, 3.8) is 0 Å². The van der Waals surface area contributed by atoms with Crippen molar-refractivity contribution in [2.45, 2.75) is 39.7 Å². The summed E-state index contributed by atoms with van der Waals surface area (Å²) < 4.78 is 11.2. The molecular weight excluding hydrogens is 464 g/mol. The molecule has 9 nitrogen and oxygen atoms in total. The van der Waals surface area contributed by atoms with Gasteiger partial charge >= 0.3 is 5.63 Å². The fourth-order valence-electron chi connectivity index (χ4n) is 4.68. The van der Waals surface area contributed by atoms with Gasteiger partial charge in [0.15, 0.2) is 0 Å². The van der Waals surface area contributed by atoms with Gasteiger partial charge in [-0.2, -0.15) is 0 Å². The standard InChI is InChI=1S/C27H24N2O7/c1-12-11-35-24-14(3)25-18(8-17(12)24)13(2)19(27(34)36-25)9-23(31)29-22(26(32)33)6-15-10-28-21-5-4-16(30)7-20(15)21/h4-5,7-8,10-11,22,28,30H,6,9H2,1-3H3,(H,29,31)(H,32,33)/p-1/t22-/m0/s1. The zero-order valence-corrected chi connectivity index (χ0v) is 19.9. The second-order valence-corrected chi connectivity index (χ2v) is 9.03. The second-order valence-electron chi connectivity index (χ2n) is 9.03. The molecule has 0 saturated heterocycles. The van der Waals surface area contributed by atoms with E-state index < -0.39 is 23.5 Å². The van der Waals surface area contributed by atoms with E-state index in [1.165, 1.54) is 12.1 Å². The highest BCUT2D eigenvalue weighted by Crippen LogP contribution is 2.32. The lowest BCUT2D eigenvalue weighted by molar-refractivity contribution is -0.308. The molecule has 2 aromatic carbocycles. The molecule has 9 heteroatoms. The highest BCUT2D eigenvalue weighted by molar-refractivity contribution is 6.00. The minimum absolute atomic E-state index is 0.0361. The molecule has 0 saturated carbocycles. The van der Waals surface area contributed by atoms with Crippen molar-refractivity contribution in [2.75, 3.05) is 0 Å². The number of hydrogen-bond donors (Lipinski definition) is 3. The van der Waals surface area contributed by atoms with E-state index in [2.05, 4.69) is 10.3 Å². The summed E-state index contributed by atoms with van der Waals surface area (Å²) in [5.74, 6) is -2.08. The van der Waals surface area contributed by atoms with Gasteiger partial charge in [-0.1, -0.05) is 0 Å². The highest BCUT2D eigenvalue weighted by atomic mass is 16.4. The maximum atomic E-state index is 12.9. The van der Waals surface area contributed by atoms with Gasteiger partial charge in [-0.05, 0) is 61.7 Å². The molecule has 5 rings (SSSR count). The van der Waals surface area contributed by atoms with Gasteiger partial charge in [-0.15, -0.1) is 0 Å². The number of aromatic hydroxyl groups is 1. The van der Waals surface area contributed by atoms with Crippen LogP contribution in [0.4, 0.5) is 0 Å². The monoisotopic (exact) mass is 487 g/mol. The second kappa shape index (κ2) is 8.60. The molecule has 0 aliphatic carbocycles. The number of aromatic amines is 1. The number of aliphatic carboxylic acids is 1. The Morgan fingerprint density at radius 2 is 1.86 bits per heavy atom. The number of rotatable bonds is 6. The van der Waals surface area contributed by atoms with Gasteiger partial charge in [0.05, 0.1) is 30.3 Å². The molecule has 0 unspecified atom stereocenters. The van der Waals surface area contributed by atoms with Crippen molar-refractivity contribution >= 4 is 44.7 Å². The first-order valence-electron chi connectivity index (χ1n) is 11.4. The third-order valence-corrected chi connectivity index (χ3v) is 6.67. The molecular formula is C27H23N2O7-. The van der Waals surface area contributed by atoms with Crippen molar-refractivity contribution < 1.29 is 28.6 Å². The van der Waals surface area contributed by atoms with Gasteiger partial charge in [-0.25, -0.2) is 4.79 Å².